The summed E-state index contributed by atoms with van der Waals surface area (Å²) in [6.07, 6.45) is 0.957. The lowest BCUT2D eigenvalue weighted by molar-refractivity contribution is -0.118. The molecule has 6 heteroatoms. The van der Waals surface area contributed by atoms with Crippen molar-refractivity contribution in [1.29, 1.82) is 0 Å². The van der Waals surface area contributed by atoms with E-state index in [4.69, 9.17) is 4.74 Å². The molecule has 148 valence electrons. The minimum absolute atomic E-state index is 0.0555. The zero-order valence-electron chi connectivity index (χ0n) is 16.5. The number of rotatable bonds is 6. The van der Waals surface area contributed by atoms with E-state index in [0.29, 0.717) is 30.1 Å². The van der Waals surface area contributed by atoms with Crippen LogP contribution in [0.15, 0.2) is 48.5 Å². The van der Waals surface area contributed by atoms with Crippen molar-refractivity contribution >= 4 is 17.5 Å². The van der Waals surface area contributed by atoms with Gasteiger partial charge in [0, 0.05) is 26.2 Å². The molecule has 0 aromatic heterocycles. The van der Waals surface area contributed by atoms with Gasteiger partial charge in [0.05, 0.1) is 11.3 Å². The van der Waals surface area contributed by atoms with Gasteiger partial charge in [0.15, 0.2) is 6.61 Å². The summed E-state index contributed by atoms with van der Waals surface area (Å²) < 4.78 is 5.56. The fraction of sp³-hybridized carbons (Fsp3) is 0.364. The van der Waals surface area contributed by atoms with Gasteiger partial charge in [0.1, 0.15) is 5.75 Å². The number of hydrogen-bond acceptors (Lipinski definition) is 4. The van der Waals surface area contributed by atoms with Gasteiger partial charge in [-0.25, -0.2) is 0 Å². The van der Waals surface area contributed by atoms with Crippen molar-refractivity contribution < 1.29 is 14.3 Å². The Labute approximate surface area is 166 Å². The average molecular weight is 381 g/mol. The number of ether oxygens (including phenoxy) is 1. The molecule has 1 aliphatic rings. The summed E-state index contributed by atoms with van der Waals surface area (Å²) in [4.78, 5) is 29.2. The number of aryl methyl sites for hydroxylation is 1. The molecule has 1 N–H and O–H groups in total. The van der Waals surface area contributed by atoms with Crippen LogP contribution in [0.2, 0.25) is 0 Å². The number of nitrogens with zero attached hydrogens (tertiary/aromatic N) is 2. The number of carbonyl (C=O) groups excluding carboxylic acids is 2. The maximum absolute atomic E-state index is 12.9. The maximum Gasteiger partial charge on any atom is 0.262 e. The minimum atomic E-state index is -0.293. The molecule has 2 aromatic rings. The van der Waals surface area contributed by atoms with Crippen molar-refractivity contribution in [2.24, 2.45) is 0 Å². The molecule has 0 atom stereocenters. The zero-order valence-corrected chi connectivity index (χ0v) is 16.5. The van der Waals surface area contributed by atoms with E-state index in [0.717, 1.165) is 19.5 Å². The first kappa shape index (κ1) is 19.9. The third-order valence-corrected chi connectivity index (χ3v) is 4.92. The van der Waals surface area contributed by atoms with Crippen LogP contribution in [-0.4, -0.2) is 61.4 Å². The van der Waals surface area contributed by atoms with Gasteiger partial charge in [-0.05, 0) is 43.3 Å². The standard InChI is InChI=1S/C22H27N3O3/c1-3-17-8-10-18(11-9-17)28-16-21(26)23-20-7-5-4-6-19(20)22(27)25-14-12-24(2)13-15-25/h4-11H,3,12-16H2,1-2H3,(H,23,26). The van der Waals surface area contributed by atoms with Crippen LogP contribution in [0.25, 0.3) is 0 Å². The molecule has 3 rings (SSSR count). The fourth-order valence-corrected chi connectivity index (χ4v) is 3.12. The fourth-order valence-electron chi connectivity index (χ4n) is 3.12. The first-order valence-corrected chi connectivity index (χ1v) is 9.65. The summed E-state index contributed by atoms with van der Waals surface area (Å²) in [6.45, 7) is 5.06. The number of para-hydroxylation sites is 1. The van der Waals surface area contributed by atoms with E-state index in [2.05, 4.69) is 17.1 Å². The molecule has 1 saturated heterocycles. The topological polar surface area (TPSA) is 61.9 Å². The van der Waals surface area contributed by atoms with Crippen LogP contribution in [0.3, 0.4) is 0 Å². The van der Waals surface area contributed by atoms with Gasteiger partial charge < -0.3 is 19.9 Å². The van der Waals surface area contributed by atoms with Gasteiger partial charge >= 0.3 is 0 Å². The quantitative estimate of drug-likeness (QED) is 0.836. The number of carbonyl (C=O) groups is 2. The molecule has 6 nitrogen and oxygen atoms in total. The molecule has 2 aromatic carbocycles. The predicted molar refractivity (Wildman–Crippen MR) is 110 cm³/mol. The number of hydrogen-bond donors (Lipinski definition) is 1. The molecule has 0 bridgehead atoms. The number of likely N-dealkylation sites (N-methyl/N-ethyl adjacent to an activating group) is 1. The first-order valence-electron chi connectivity index (χ1n) is 9.65. The molecule has 0 spiro atoms. The Bertz CT molecular complexity index is 812. The van der Waals surface area contributed by atoms with E-state index in [-0.39, 0.29) is 18.4 Å². The van der Waals surface area contributed by atoms with Crippen molar-refractivity contribution in [2.75, 3.05) is 45.2 Å². The van der Waals surface area contributed by atoms with Gasteiger partial charge in [-0.1, -0.05) is 31.2 Å². The molecular formula is C22H27N3O3. The lowest BCUT2D eigenvalue weighted by Gasteiger charge is -2.32. The third kappa shape index (κ3) is 5.10. The van der Waals surface area contributed by atoms with Crippen LogP contribution in [0.5, 0.6) is 5.75 Å². The first-order chi connectivity index (χ1) is 13.6. The van der Waals surface area contributed by atoms with Gasteiger partial charge in [0.2, 0.25) is 0 Å². The summed E-state index contributed by atoms with van der Waals surface area (Å²) in [5.74, 6) is 0.299. The molecule has 0 aliphatic carbocycles. The second-order valence-corrected chi connectivity index (χ2v) is 6.98. The van der Waals surface area contributed by atoms with Crippen molar-refractivity contribution in [3.05, 3.63) is 59.7 Å². The minimum Gasteiger partial charge on any atom is -0.484 e. The van der Waals surface area contributed by atoms with E-state index in [9.17, 15) is 9.59 Å². The molecule has 1 aliphatic heterocycles. The van der Waals surface area contributed by atoms with Crippen LogP contribution in [0.4, 0.5) is 5.69 Å². The number of amides is 2. The molecule has 28 heavy (non-hydrogen) atoms. The highest BCUT2D eigenvalue weighted by Gasteiger charge is 2.22. The van der Waals surface area contributed by atoms with Crippen molar-refractivity contribution in [2.45, 2.75) is 13.3 Å². The number of anilines is 1. The van der Waals surface area contributed by atoms with E-state index in [1.807, 2.05) is 42.3 Å². The molecule has 0 radical (unpaired) electrons. The Morgan fingerprint density at radius 2 is 1.68 bits per heavy atom. The van der Waals surface area contributed by atoms with Gasteiger partial charge in [-0.2, -0.15) is 0 Å². The monoisotopic (exact) mass is 381 g/mol. The summed E-state index contributed by atoms with van der Waals surface area (Å²) in [6, 6.07) is 14.8. The normalized spacial score (nSPS) is 14.6. The predicted octanol–water partition coefficient (Wildman–Crippen LogP) is 2.65. The number of piperazine rings is 1. The van der Waals surface area contributed by atoms with E-state index in [1.165, 1.54) is 5.56 Å². The van der Waals surface area contributed by atoms with Crippen molar-refractivity contribution in [3.8, 4) is 5.75 Å². The smallest absolute Gasteiger partial charge is 0.262 e. The highest BCUT2D eigenvalue weighted by molar-refractivity contribution is 6.04. The zero-order chi connectivity index (χ0) is 19.9. The summed E-state index contributed by atoms with van der Waals surface area (Å²) in [7, 11) is 2.05. The van der Waals surface area contributed by atoms with Gasteiger partial charge in [0.25, 0.3) is 11.8 Å². The van der Waals surface area contributed by atoms with E-state index < -0.39 is 0 Å². The van der Waals surface area contributed by atoms with Crippen LogP contribution >= 0.6 is 0 Å². The highest BCUT2D eigenvalue weighted by atomic mass is 16.5. The maximum atomic E-state index is 12.9. The summed E-state index contributed by atoms with van der Waals surface area (Å²) in [5, 5.41) is 2.81. The Kier molecular flexibility index (Phi) is 6.66. The summed E-state index contributed by atoms with van der Waals surface area (Å²) in [5.41, 5.74) is 2.24. The third-order valence-electron chi connectivity index (χ3n) is 4.92. The molecule has 1 heterocycles. The van der Waals surface area contributed by atoms with Gasteiger partial charge in [-0.3, -0.25) is 9.59 Å². The summed E-state index contributed by atoms with van der Waals surface area (Å²) >= 11 is 0. The highest BCUT2D eigenvalue weighted by Crippen LogP contribution is 2.19. The average Bonchev–Trinajstić information content (AvgIpc) is 2.73. The largest absolute Gasteiger partial charge is 0.484 e. The SMILES string of the molecule is CCc1ccc(OCC(=O)Nc2ccccc2C(=O)N2CCN(C)CC2)cc1. The lowest BCUT2D eigenvalue weighted by Crippen LogP contribution is -2.47. The second-order valence-electron chi connectivity index (χ2n) is 6.98. The van der Waals surface area contributed by atoms with Crippen LogP contribution < -0.4 is 10.1 Å². The number of nitrogens with one attached hydrogen (secondary N) is 1. The number of benzene rings is 2. The van der Waals surface area contributed by atoms with Crippen molar-refractivity contribution in [1.82, 2.24) is 9.80 Å². The molecule has 0 saturated carbocycles. The van der Waals surface area contributed by atoms with E-state index >= 15 is 0 Å². The Balaban J connectivity index is 1.60. The van der Waals surface area contributed by atoms with Gasteiger partial charge in [-0.15, -0.1) is 0 Å². The molecule has 1 fully saturated rings. The molecule has 2 amide bonds. The lowest BCUT2D eigenvalue weighted by atomic mass is 10.1. The molecule has 0 unspecified atom stereocenters. The molecular weight excluding hydrogens is 354 g/mol. The van der Waals surface area contributed by atoms with Crippen LogP contribution in [0.1, 0.15) is 22.8 Å². The van der Waals surface area contributed by atoms with Crippen LogP contribution in [-0.2, 0) is 11.2 Å². The Morgan fingerprint density at radius 1 is 1.00 bits per heavy atom. The Morgan fingerprint density at radius 3 is 2.36 bits per heavy atom. The van der Waals surface area contributed by atoms with E-state index in [1.54, 1.807) is 18.2 Å². The Hall–Kier alpha value is -2.86. The van der Waals surface area contributed by atoms with Crippen LogP contribution in [0, 0.1) is 0 Å². The second kappa shape index (κ2) is 9.37. The van der Waals surface area contributed by atoms with Crippen molar-refractivity contribution in [3.63, 3.8) is 0 Å².